The number of alkyl halides is 3. The van der Waals surface area contributed by atoms with E-state index in [4.69, 9.17) is 5.73 Å². The van der Waals surface area contributed by atoms with Gasteiger partial charge in [0.05, 0.1) is 0 Å². The van der Waals surface area contributed by atoms with Crippen LogP contribution in [-0.2, 0) is 10.0 Å². The quantitative estimate of drug-likeness (QED) is 0.674. The van der Waals surface area contributed by atoms with Crippen LogP contribution in [0.3, 0.4) is 0 Å². The van der Waals surface area contributed by atoms with Crippen LogP contribution in [0.25, 0.3) is 0 Å². The van der Waals surface area contributed by atoms with E-state index in [1.54, 1.807) is 0 Å². The van der Waals surface area contributed by atoms with Gasteiger partial charge in [-0.15, -0.1) is 0 Å². The molecule has 0 saturated carbocycles. The topological polar surface area (TPSA) is 72.2 Å². The fourth-order valence-corrected chi connectivity index (χ4v) is 0.787. The molecule has 0 aliphatic heterocycles. The van der Waals surface area contributed by atoms with Crippen molar-refractivity contribution < 1.29 is 21.6 Å². The van der Waals surface area contributed by atoms with Crippen LogP contribution in [0.2, 0.25) is 0 Å². The van der Waals surface area contributed by atoms with Crippen molar-refractivity contribution in [1.82, 2.24) is 4.72 Å². The van der Waals surface area contributed by atoms with Crippen LogP contribution in [0.5, 0.6) is 0 Å². The van der Waals surface area contributed by atoms with Crippen molar-refractivity contribution >= 4 is 10.0 Å². The van der Waals surface area contributed by atoms with Crippen LogP contribution in [0.15, 0.2) is 12.3 Å². The first-order valence-electron chi connectivity index (χ1n) is 2.74. The van der Waals surface area contributed by atoms with E-state index >= 15 is 0 Å². The molecule has 12 heavy (non-hydrogen) atoms. The molecule has 0 aliphatic rings. The van der Waals surface area contributed by atoms with Crippen LogP contribution < -0.4 is 10.5 Å². The lowest BCUT2D eigenvalue weighted by atomic mass is 10.6. The van der Waals surface area contributed by atoms with Crippen LogP contribution in [0.1, 0.15) is 0 Å². The van der Waals surface area contributed by atoms with Crippen molar-refractivity contribution in [2.75, 3.05) is 6.54 Å². The van der Waals surface area contributed by atoms with Gasteiger partial charge in [0.15, 0.2) is 0 Å². The van der Waals surface area contributed by atoms with E-state index in [9.17, 15) is 21.6 Å². The molecule has 3 N–H and O–H groups in total. The molecular formula is C4H7F3N2O2S. The Morgan fingerprint density at radius 1 is 1.42 bits per heavy atom. The Hall–Kier alpha value is -0.760. The lowest BCUT2D eigenvalue weighted by Gasteiger charge is -2.06. The third kappa shape index (κ3) is 3.09. The van der Waals surface area contributed by atoms with E-state index in [1.807, 2.05) is 0 Å². The molecule has 0 amide bonds. The van der Waals surface area contributed by atoms with Gasteiger partial charge in [0.1, 0.15) is 0 Å². The van der Waals surface area contributed by atoms with Gasteiger partial charge in [0, 0.05) is 6.54 Å². The highest BCUT2D eigenvalue weighted by molar-refractivity contribution is 7.90. The SMILES string of the molecule is NC=CCNS(=O)(=O)C(F)(F)F. The molecule has 0 rings (SSSR count). The first kappa shape index (κ1) is 11.2. The summed E-state index contributed by atoms with van der Waals surface area (Å²) in [6, 6.07) is 0. The van der Waals surface area contributed by atoms with Gasteiger partial charge in [0.2, 0.25) is 0 Å². The second-order valence-corrected chi connectivity index (χ2v) is 3.48. The molecule has 0 fully saturated rings. The summed E-state index contributed by atoms with van der Waals surface area (Å²) in [6.07, 6.45) is 1.99. The molecule has 0 unspecified atom stereocenters. The molecule has 0 bridgehead atoms. The fraction of sp³-hybridized carbons (Fsp3) is 0.500. The zero-order chi connectivity index (χ0) is 9.83. The molecule has 0 aromatic carbocycles. The van der Waals surface area contributed by atoms with Crippen LogP contribution in [0, 0.1) is 0 Å². The summed E-state index contributed by atoms with van der Waals surface area (Å²) < 4.78 is 56.4. The summed E-state index contributed by atoms with van der Waals surface area (Å²) in [4.78, 5) is 0. The Labute approximate surface area is 67.3 Å². The number of rotatable bonds is 3. The number of halogens is 3. The Morgan fingerprint density at radius 2 is 1.92 bits per heavy atom. The molecule has 72 valence electrons. The van der Waals surface area contributed by atoms with Crippen LogP contribution in [-0.4, -0.2) is 20.5 Å². The molecule has 0 atom stereocenters. The average molecular weight is 204 g/mol. The third-order valence-corrected chi connectivity index (χ3v) is 1.99. The van der Waals surface area contributed by atoms with Gasteiger partial charge < -0.3 is 5.73 Å². The van der Waals surface area contributed by atoms with Gasteiger partial charge in [-0.1, -0.05) is 6.08 Å². The minimum Gasteiger partial charge on any atom is -0.405 e. The lowest BCUT2D eigenvalue weighted by Crippen LogP contribution is -2.36. The minimum absolute atomic E-state index is 0.474. The standard InChI is InChI=1S/C4H7F3N2O2S/c5-4(6,7)12(10,11)9-3-1-2-8/h1-2,9H,3,8H2. The van der Waals surface area contributed by atoms with Crippen molar-refractivity contribution in [3.63, 3.8) is 0 Å². The largest absolute Gasteiger partial charge is 0.511 e. The minimum atomic E-state index is -5.27. The highest BCUT2D eigenvalue weighted by atomic mass is 32.2. The highest BCUT2D eigenvalue weighted by Crippen LogP contribution is 2.21. The maximum absolute atomic E-state index is 11.6. The maximum atomic E-state index is 11.6. The highest BCUT2D eigenvalue weighted by Gasteiger charge is 2.45. The number of hydrogen-bond donors (Lipinski definition) is 2. The molecule has 0 saturated heterocycles. The molecule has 0 spiro atoms. The second-order valence-electron chi connectivity index (χ2n) is 1.73. The molecular weight excluding hydrogens is 197 g/mol. The number of hydrogen-bond acceptors (Lipinski definition) is 3. The monoisotopic (exact) mass is 204 g/mol. The second kappa shape index (κ2) is 3.76. The van der Waals surface area contributed by atoms with Crippen molar-refractivity contribution in [2.24, 2.45) is 5.73 Å². The summed E-state index contributed by atoms with van der Waals surface area (Å²) in [5.41, 5.74) is -0.498. The number of sulfonamides is 1. The first-order valence-corrected chi connectivity index (χ1v) is 4.22. The smallest absolute Gasteiger partial charge is 0.405 e. The summed E-state index contributed by atoms with van der Waals surface area (Å²) >= 11 is 0. The molecule has 0 heterocycles. The van der Waals surface area contributed by atoms with Crippen molar-refractivity contribution in [2.45, 2.75) is 5.51 Å². The zero-order valence-electron chi connectivity index (χ0n) is 5.80. The number of nitrogens with two attached hydrogens (primary N) is 1. The van der Waals surface area contributed by atoms with Crippen LogP contribution >= 0.6 is 0 Å². The first-order chi connectivity index (χ1) is 5.31. The summed E-state index contributed by atoms with van der Waals surface area (Å²) in [5, 5.41) is 0. The van der Waals surface area contributed by atoms with Crippen molar-refractivity contribution in [1.29, 1.82) is 0 Å². The summed E-state index contributed by atoms with van der Waals surface area (Å²) in [5.74, 6) is 0. The number of nitrogens with one attached hydrogen (secondary N) is 1. The summed E-state index contributed by atoms with van der Waals surface area (Å²) in [7, 11) is -5.23. The Morgan fingerprint density at radius 3 is 2.25 bits per heavy atom. The van der Waals surface area contributed by atoms with Crippen molar-refractivity contribution in [3.05, 3.63) is 12.3 Å². The molecule has 0 aromatic heterocycles. The van der Waals surface area contributed by atoms with E-state index < -0.39 is 22.1 Å². The Bertz CT molecular complexity index is 256. The predicted molar refractivity (Wildman–Crippen MR) is 36.3 cm³/mol. The van der Waals surface area contributed by atoms with E-state index in [0.29, 0.717) is 0 Å². The normalized spacial score (nSPS) is 13.9. The van der Waals surface area contributed by atoms with Gasteiger partial charge in [-0.05, 0) is 6.20 Å². The molecule has 4 nitrogen and oxygen atoms in total. The lowest BCUT2D eigenvalue weighted by molar-refractivity contribution is -0.0446. The fourth-order valence-electron chi connectivity index (χ4n) is 0.308. The Kier molecular flexibility index (Phi) is 3.53. The zero-order valence-corrected chi connectivity index (χ0v) is 6.61. The molecule has 0 radical (unpaired) electrons. The van der Waals surface area contributed by atoms with Gasteiger partial charge in [-0.3, -0.25) is 0 Å². The molecule has 8 heteroatoms. The predicted octanol–water partition coefficient (Wildman–Crippen LogP) is -0.102. The van der Waals surface area contributed by atoms with E-state index in [2.05, 4.69) is 0 Å². The molecule has 0 aliphatic carbocycles. The molecule has 0 aromatic rings. The van der Waals surface area contributed by atoms with Gasteiger partial charge in [-0.2, -0.15) is 13.2 Å². The van der Waals surface area contributed by atoms with Gasteiger partial charge in [-0.25, -0.2) is 13.1 Å². The van der Waals surface area contributed by atoms with Crippen LogP contribution in [0.4, 0.5) is 13.2 Å². The Balaban J connectivity index is 4.26. The van der Waals surface area contributed by atoms with Crippen molar-refractivity contribution in [3.8, 4) is 0 Å². The van der Waals surface area contributed by atoms with Gasteiger partial charge in [0.25, 0.3) is 0 Å². The maximum Gasteiger partial charge on any atom is 0.511 e. The van der Waals surface area contributed by atoms with E-state index in [0.717, 1.165) is 12.3 Å². The summed E-state index contributed by atoms with van der Waals surface area (Å²) in [6.45, 7) is -0.474. The third-order valence-electron chi connectivity index (χ3n) is 0.832. The average Bonchev–Trinajstić information content (AvgIpc) is 1.85. The van der Waals surface area contributed by atoms with E-state index in [1.165, 1.54) is 4.72 Å². The van der Waals surface area contributed by atoms with Gasteiger partial charge >= 0.3 is 15.5 Å². The van der Waals surface area contributed by atoms with E-state index in [-0.39, 0.29) is 0 Å².